The smallest absolute Gasteiger partial charge is 0.326 e. The molecule has 0 rings (SSSR count). The molecule has 4 atom stereocenters. The first-order chi connectivity index (χ1) is 16.3. The Bertz CT molecular complexity index is 771. The van der Waals surface area contributed by atoms with Crippen LogP contribution in [-0.4, -0.2) is 88.3 Å². The maximum atomic E-state index is 12.7. The number of aliphatic carboxylic acids is 2. The Morgan fingerprint density at radius 1 is 0.857 bits per heavy atom. The third kappa shape index (κ3) is 13.7. The van der Waals surface area contributed by atoms with Gasteiger partial charge in [0.2, 0.25) is 17.7 Å². The fourth-order valence-electron chi connectivity index (χ4n) is 2.90. The summed E-state index contributed by atoms with van der Waals surface area (Å²) in [7, 11) is 0. The summed E-state index contributed by atoms with van der Waals surface area (Å²) in [6.07, 6.45) is -0.128. The van der Waals surface area contributed by atoms with Crippen molar-refractivity contribution >= 4 is 35.6 Å². The molecule has 0 fully saturated rings. The topological polar surface area (TPSA) is 273 Å². The molecule has 0 saturated heterocycles. The zero-order chi connectivity index (χ0) is 27.1. The first-order valence-corrected chi connectivity index (χ1v) is 11.1. The van der Waals surface area contributed by atoms with Gasteiger partial charge in [-0.25, -0.2) is 4.79 Å². The standard InChI is InChI=1S/C20H37N7O8/c1-10(2)8-13(17(32)25-12(19(34)35)5-6-15(29)30)26-18(33)14(9-28)27-16(31)11(21)4-3-7-24-20(22)23/h10-14,28H,3-9,21H2,1-2H3,(H,25,32)(H,26,33)(H,27,31)(H,29,30)(H,34,35)(H4,22,23,24). The number of nitrogens with one attached hydrogen (secondary N) is 3. The van der Waals surface area contributed by atoms with Crippen LogP contribution in [0.15, 0.2) is 4.99 Å². The number of hydrogen-bond acceptors (Lipinski definition) is 8. The minimum absolute atomic E-state index is 0.100. The number of amides is 3. The van der Waals surface area contributed by atoms with E-state index in [1.165, 1.54) is 0 Å². The van der Waals surface area contributed by atoms with Crippen molar-refractivity contribution in [3.63, 3.8) is 0 Å². The summed E-state index contributed by atoms with van der Waals surface area (Å²) < 4.78 is 0. The first-order valence-electron chi connectivity index (χ1n) is 11.1. The van der Waals surface area contributed by atoms with E-state index in [0.29, 0.717) is 6.42 Å². The molecule has 0 aromatic carbocycles. The molecule has 0 radical (unpaired) electrons. The quantitative estimate of drug-likeness (QED) is 0.0541. The van der Waals surface area contributed by atoms with Gasteiger partial charge in [-0.3, -0.25) is 24.2 Å². The SMILES string of the molecule is CC(C)CC(NC(=O)C(CO)NC(=O)C(N)CCCN=C(N)N)C(=O)NC(CCC(=O)O)C(=O)O. The number of carboxylic acid groups (broad SMARTS) is 2. The maximum absolute atomic E-state index is 12.7. The normalized spacial score (nSPS) is 14.2. The van der Waals surface area contributed by atoms with E-state index in [2.05, 4.69) is 20.9 Å². The summed E-state index contributed by atoms with van der Waals surface area (Å²) in [5, 5.41) is 34.5. The number of nitrogens with zero attached hydrogens (tertiary/aromatic N) is 1. The van der Waals surface area contributed by atoms with E-state index in [1.54, 1.807) is 13.8 Å². The number of rotatable bonds is 17. The van der Waals surface area contributed by atoms with Crippen LogP contribution in [0.1, 0.15) is 46.0 Å². The van der Waals surface area contributed by atoms with Gasteiger partial charge in [-0.2, -0.15) is 0 Å². The van der Waals surface area contributed by atoms with E-state index < -0.39 is 66.9 Å². The molecule has 0 bridgehead atoms. The molecule has 15 heteroatoms. The Balaban J connectivity index is 5.16. The lowest BCUT2D eigenvalue weighted by atomic mass is 10.0. The van der Waals surface area contributed by atoms with Gasteiger partial charge in [-0.05, 0) is 31.6 Å². The van der Waals surface area contributed by atoms with E-state index in [-0.39, 0.29) is 37.7 Å². The van der Waals surface area contributed by atoms with Gasteiger partial charge in [0.15, 0.2) is 5.96 Å². The molecule has 12 N–H and O–H groups in total. The number of aliphatic hydroxyl groups excluding tert-OH is 1. The molecular weight excluding hydrogens is 466 g/mol. The van der Waals surface area contributed by atoms with E-state index in [1.807, 2.05) is 0 Å². The number of carboxylic acids is 2. The molecule has 0 spiro atoms. The van der Waals surface area contributed by atoms with Gasteiger partial charge in [0.25, 0.3) is 0 Å². The van der Waals surface area contributed by atoms with Gasteiger partial charge in [0, 0.05) is 13.0 Å². The molecule has 0 aliphatic heterocycles. The van der Waals surface area contributed by atoms with Gasteiger partial charge in [-0.1, -0.05) is 13.8 Å². The Labute approximate surface area is 202 Å². The van der Waals surface area contributed by atoms with E-state index in [0.717, 1.165) is 0 Å². The molecule has 0 aliphatic carbocycles. The zero-order valence-corrected chi connectivity index (χ0v) is 19.9. The van der Waals surface area contributed by atoms with Crippen molar-refractivity contribution in [2.24, 2.45) is 28.1 Å². The average Bonchev–Trinajstić information content (AvgIpc) is 2.75. The fraction of sp³-hybridized carbons (Fsp3) is 0.700. The van der Waals surface area contributed by atoms with Crippen molar-refractivity contribution in [2.75, 3.05) is 13.2 Å². The third-order valence-electron chi connectivity index (χ3n) is 4.72. The molecule has 200 valence electrons. The van der Waals surface area contributed by atoms with Gasteiger partial charge in [0.1, 0.15) is 18.1 Å². The second kappa shape index (κ2) is 16.2. The second-order valence-corrected chi connectivity index (χ2v) is 8.32. The van der Waals surface area contributed by atoms with Gasteiger partial charge < -0.3 is 48.5 Å². The van der Waals surface area contributed by atoms with E-state index in [9.17, 15) is 34.2 Å². The van der Waals surface area contributed by atoms with Crippen LogP contribution in [-0.2, 0) is 24.0 Å². The fourth-order valence-corrected chi connectivity index (χ4v) is 2.90. The lowest BCUT2D eigenvalue weighted by molar-refractivity contribution is -0.143. The number of aliphatic imine (C=N–C) groups is 1. The summed E-state index contributed by atoms with van der Waals surface area (Å²) in [5.74, 6) is -5.30. The Hall–Kier alpha value is -3.46. The van der Waals surface area contributed by atoms with Crippen molar-refractivity contribution in [3.05, 3.63) is 0 Å². The van der Waals surface area contributed by atoms with Gasteiger partial charge >= 0.3 is 11.9 Å². The van der Waals surface area contributed by atoms with Crippen molar-refractivity contribution in [3.8, 4) is 0 Å². The Morgan fingerprint density at radius 3 is 1.89 bits per heavy atom. The summed E-state index contributed by atoms with van der Waals surface area (Å²) in [4.78, 5) is 63.5. The zero-order valence-electron chi connectivity index (χ0n) is 19.9. The summed E-state index contributed by atoms with van der Waals surface area (Å²) >= 11 is 0. The molecule has 35 heavy (non-hydrogen) atoms. The van der Waals surface area contributed by atoms with Gasteiger partial charge in [-0.15, -0.1) is 0 Å². The van der Waals surface area contributed by atoms with Crippen molar-refractivity contribution < 1.29 is 39.3 Å². The molecule has 3 amide bonds. The highest BCUT2D eigenvalue weighted by molar-refractivity contribution is 5.94. The molecule has 0 aromatic rings. The number of hydrogen-bond donors (Lipinski definition) is 9. The predicted molar refractivity (Wildman–Crippen MR) is 125 cm³/mol. The Kier molecular flexibility index (Phi) is 14.6. The van der Waals surface area contributed by atoms with E-state index in [4.69, 9.17) is 22.3 Å². The van der Waals surface area contributed by atoms with Crippen LogP contribution in [0.4, 0.5) is 0 Å². The summed E-state index contributed by atoms with van der Waals surface area (Å²) in [5.41, 5.74) is 16.2. The molecule has 0 heterocycles. The van der Waals surface area contributed by atoms with Crippen LogP contribution in [0.25, 0.3) is 0 Å². The molecule has 4 unspecified atom stereocenters. The second-order valence-electron chi connectivity index (χ2n) is 8.32. The first kappa shape index (κ1) is 31.5. The number of aliphatic hydroxyl groups is 1. The highest BCUT2D eigenvalue weighted by atomic mass is 16.4. The molecule has 15 nitrogen and oxygen atoms in total. The minimum atomic E-state index is -1.48. The van der Waals surface area contributed by atoms with Crippen LogP contribution in [0.5, 0.6) is 0 Å². The van der Waals surface area contributed by atoms with Crippen LogP contribution in [0.2, 0.25) is 0 Å². The molecular formula is C20H37N7O8. The van der Waals surface area contributed by atoms with E-state index >= 15 is 0 Å². The monoisotopic (exact) mass is 503 g/mol. The predicted octanol–water partition coefficient (Wildman–Crippen LogP) is -3.19. The Morgan fingerprint density at radius 2 is 1.40 bits per heavy atom. The third-order valence-corrected chi connectivity index (χ3v) is 4.72. The highest BCUT2D eigenvalue weighted by Crippen LogP contribution is 2.08. The lowest BCUT2D eigenvalue weighted by Gasteiger charge is -2.25. The van der Waals surface area contributed by atoms with Crippen LogP contribution >= 0.6 is 0 Å². The highest BCUT2D eigenvalue weighted by Gasteiger charge is 2.30. The van der Waals surface area contributed by atoms with Gasteiger partial charge in [0.05, 0.1) is 12.6 Å². The van der Waals surface area contributed by atoms with Crippen molar-refractivity contribution in [1.29, 1.82) is 0 Å². The summed E-state index contributed by atoms with van der Waals surface area (Å²) in [6.45, 7) is 2.99. The number of carbonyl (C=O) groups excluding carboxylic acids is 3. The largest absolute Gasteiger partial charge is 0.481 e. The molecule has 0 saturated carbocycles. The lowest BCUT2D eigenvalue weighted by Crippen LogP contribution is -2.58. The average molecular weight is 504 g/mol. The number of nitrogens with two attached hydrogens (primary N) is 3. The van der Waals surface area contributed by atoms with Crippen LogP contribution in [0, 0.1) is 5.92 Å². The number of carbonyl (C=O) groups is 5. The molecule has 0 aromatic heterocycles. The van der Waals surface area contributed by atoms with Crippen molar-refractivity contribution in [2.45, 2.75) is 70.1 Å². The molecule has 0 aliphatic rings. The summed E-state index contributed by atoms with van der Waals surface area (Å²) in [6, 6.07) is -5.11. The van der Waals surface area contributed by atoms with Crippen LogP contribution < -0.4 is 33.2 Å². The number of guanidine groups is 1. The van der Waals surface area contributed by atoms with Crippen molar-refractivity contribution in [1.82, 2.24) is 16.0 Å². The van der Waals surface area contributed by atoms with Crippen LogP contribution in [0.3, 0.4) is 0 Å². The minimum Gasteiger partial charge on any atom is -0.481 e. The maximum Gasteiger partial charge on any atom is 0.326 e.